The molecule has 0 fully saturated rings. The van der Waals surface area contributed by atoms with Gasteiger partial charge in [-0.15, -0.1) is 0 Å². The Morgan fingerprint density at radius 2 is 1.45 bits per heavy atom. The lowest BCUT2D eigenvalue weighted by Crippen LogP contribution is -1.84. The van der Waals surface area contributed by atoms with Crippen LogP contribution >= 0.6 is 45.2 Å². The monoisotopic (exact) mass is 376 g/mol. The summed E-state index contributed by atoms with van der Waals surface area (Å²) in [5, 5.41) is 18.7. The zero-order chi connectivity index (χ0) is 8.59. The standard InChI is InChI=1S/C7H6I2O2/c1-3-6(10)4(8)2-5(9)7(3)11/h2,10-11H,1H3. The third-order valence-electron chi connectivity index (χ3n) is 1.42. The maximum absolute atomic E-state index is 9.34. The Labute approximate surface area is 91.9 Å². The van der Waals surface area contributed by atoms with E-state index >= 15 is 0 Å². The molecule has 0 saturated carbocycles. The van der Waals surface area contributed by atoms with Crippen LogP contribution in [0.25, 0.3) is 0 Å². The van der Waals surface area contributed by atoms with Gasteiger partial charge in [-0.1, -0.05) is 0 Å². The van der Waals surface area contributed by atoms with Gasteiger partial charge >= 0.3 is 0 Å². The van der Waals surface area contributed by atoms with E-state index in [0.29, 0.717) is 5.56 Å². The SMILES string of the molecule is Cc1c(O)c(I)cc(I)c1O. The molecule has 0 unspecified atom stereocenters. The van der Waals surface area contributed by atoms with Crippen molar-refractivity contribution in [3.05, 3.63) is 18.8 Å². The van der Waals surface area contributed by atoms with E-state index in [1.807, 2.05) is 45.2 Å². The molecule has 0 radical (unpaired) electrons. The molecule has 1 aromatic rings. The number of hydrogen-bond acceptors (Lipinski definition) is 2. The molecule has 0 aliphatic rings. The molecule has 0 heterocycles. The van der Waals surface area contributed by atoms with Gasteiger partial charge < -0.3 is 10.2 Å². The van der Waals surface area contributed by atoms with Gasteiger partial charge in [0.1, 0.15) is 11.5 Å². The van der Waals surface area contributed by atoms with Gasteiger partial charge in [-0.3, -0.25) is 0 Å². The molecular formula is C7H6I2O2. The zero-order valence-corrected chi connectivity index (χ0v) is 10.0. The first-order valence-corrected chi connectivity index (χ1v) is 5.06. The van der Waals surface area contributed by atoms with Crippen LogP contribution in [0.5, 0.6) is 11.5 Å². The summed E-state index contributed by atoms with van der Waals surface area (Å²) in [5.41, 5.74) is 0.543. The minimum absolute atomic E-state index is 0.170. The van der Waals surface area contributed by atoms with E-state index in [4.69, 9.17) is 0 Å². The minimum Gasteiger partial charge on any atom is -0.506 e. The summed E-state index contributed by atoms with van der Waals surface area (Å²) in [6.45, 7) is 1.69. The number of halogens is 2. The first-order chi connectivity index (χ1) is 5.04. The quantitative estimate of drug-likeness (QED) is 0.684. The van der Waals surface area contributed by atoms with Gasteiger partial charge in [0.2, 0.25) is 0 Å². The van der Waals surface area contributed by atoms with Crippen LogP contribution in [0, 0.1) is 14.1 Å². The Morgan fingerprint density at radius 3 is 1.82 bits per heavy atom. The van der Waals surface area contributed by atoms with E-state index in [0.717, 1.165) is 7.14 Å². The van der Waals surface area contributed by atoms with Crippen molar-refractivity contribution in [2.24, 2.45) is 0 Å². The summed E-state index contributed by atoms with van der Waals surface area (Å²) < 4.78 is 1.53. The molecule has 60 valence electrons. The Hall–Kier alpha value is 0.280. The first-order valence-electron chi connectivity index (χ1n) is 2.90. The van der Waals surface area contributed by atoms with E-state index in [9.17, 15) is 10.2 Å². The Balaban J connectivity index is 3.46. The number of rotatable bonds is 0. The molecule has 11 heavy (non-hydrogen) atoms. The van der Waals surface area contributed by atoms with Gasteiger partial charge in [0.25, 0.3) is 0 Å². The second-order valence-electron chi connectivity index (χ2n) is 2.16. The Morgan fingerprint density at radius 1 is 1.09 bits per heavy atom. The molecule has 0 spiro atoms. The maximum Gasteiger partial charge on any atom is 0.135 e. The molecule has 2 nitrogen and oxygen atoms in total. The topological polar surface area (TPSA) is 40.5 Å². The van der Waals surface area contributed by atoms with Crippen molar-refractivity contribution in [1.29, 1.82) is 0 Å². The van der Waals surface area contributed by atoms with Crippen LogP contribution in [0.15, 0.2) is 6.07 Å². The number of benzene rings is 1. The number of phenolic OH excluding ortho intramolecular Hbond substituents is 2. The molecule has 2 N–H and O–H groups in total. The lowest BCUT2D eigenvalue weighted by Gasteiger charge is -2.05. The normalized spacial score (nSPS) is 10.1. The average Bonchev–Trinajstić information content (AvgIpc) is 1.97. The predicted octanol–water partition coefficient (Wildman–Crippen LogP) is 2.62. The summed E-state index contributed by atoms with van der Waals surface area (Å²) in [6, 6.07) is 1.73. The van der Waals surface area contributed by atoms with Crippen molar-refractivity contribution < 1.29 is 10.2 Å². The number of phenols is 2. The van der Waals surface area contributed by atoms with Crippen molar-refractivity contribution in [3.63, 3.8) is 0 Å². The van der Waals surface area contributed by atoms with Gasteiger partial charge in [0.05, 0.1) is 7.14 Å². The third-order valence-corrected chi connectivity index (χ3v) is 3.06. The highest BCUT2D eigenvalue weighted by Crippen LogP contribution is 2.34. The summed E-state index contributed by atoms with van der Waals surface area (Å²) >= 11 is 4.05. The highest BCUT2D eigenvalue weighted by atomic mass is 127. The summed E-state index contributed by atoms with van der Waals surface area (Å²) in [4.78, 5) is 0. The first kappa shape index (κ1) is 9.37. The summed E-state index contributed by atoms with van der Waals surface area (Å²) in [7, 11) is 0. The number of aromatic hydroxyl groups is 2. The van der Waals surface area contributed by atoms with Crippen LogP contribution in [0.3, 0.4) is 0 Å². The van der Waals surface area contributed by atoms with E-state index in [-0.39, 0.29) is 11.5 Å². The molecule has 0 amide bonds. The number of hydrogen-bond donors (Lipinski definition) is 2. The van der Waals surface area contributed by atoms with Crippen LogP contribution < -0.4 is 0 Å². The highest BCUT2D eigenvalue weighted by Gasteiger charge is 2.09. The van der Waals surface area contributed by atoms with E-state index < -0.39 is 0 Å². The van der Waals surface area contributed by atoms with Crippen LogP contribution in [-0.2, 0) is 0 Å². The zero-order valence-electron chi connectivity index (χ0n) is 5.73. The molecule has 0 aliphatic carbocycles. The van der Waals surface area contributed by atoms with Gasteiger partial charge in [-0.05, 0) is 58.2 Å². The smallest absolute Gasteiger partial charge is 0.135 e. The van der Waals surface area contributed by atoms with Crippen molar-refractivity contribution in [2.45, 2.75) is 6.92 Å². The summed E-state index contributed by atoms with van der Waals surface area (Å²) in [5.74, 6) is 0.340. The Kier molecular flexibility index (Phi) is 2.84. The van der Waals surface area contributed by atoms with Crippen molar-refractivity contribution in [2.75, 3.05) is 0 Å². The summed E-state index contributed by atoms with van der Waals surface area (Å²) in [6.07, 6.45) is 0. The minimum atomic E-state index is 0.170. The van der Waals surface area contributed by atoms with Crippen LogP contribution in [0.2, 0.25) is 0 Å². The van der Waals surface area contributed by atoms with Gasteiger partial charge in [0.15, 0.2) is 0 Å². The molecule has 0 saturated heterocycles. The predicted molar refractivity (Wildman–Crippen MR) is 59.9 cm³/mol. The molecule has 4 heteroatoms. The van der Waals surface area contributed by atoms with Gasteiger partial charge in [-0.25, -0.2) is 0 Å². The van der Waals surface area contributed by atoms with Crippen molar-refractivity contribution in [3.8, 4) is 11.5 Å². The largest absolute Gasteiger partial charge is 0.506 e. The lowest BCUT2D eigenvalue weighted by molar-refractivity contribution is 0.438. The average molecular weight is 376 g/mol. The van der Waals surface area contributed by atoms with E-state index in [2.05, 4.69) is 0 Å². The molecular weight excluding hydrogens is 370 g/mol. The maximum atomic E-state index is 9.34. The van der Waals surface area contributed by atoms with E-state index in [1.54, 1.807) is 13.0 Å². The molecule has 1 rings (SSSR count). The Bertz CT molecular complexity index is 271. The lowest BCUT2D eigenvalue weighted by atomic mass is 10.2. The van der Waals surface area contributed by atoms with Crippen LogP contribution in [-0.4, -0.2) is 10.2 Å². The fraction of sp³-hybridized carbons (Fsp3) is 0.143. The second-order valence-corrected chi connectivity index (χ2v) is 4.49. The highest BCUT2D eigenvalue weighted by molar-refractivity contribution is 14.1. The van der Waals surface area contributed by atoms with Crippen LogP contribution in [0.1, 0.15) is 5.56 Å². The van der Waals surface area contributed by atoms with Crippen LogP contribution in [0.4, 0.5) is 0 Å². The van der Waals surface area contributed by atoms with E-state index in [1.165, 1.54) is 0 Å². The molecule has 0 aliphatic heterocycles. The molecule has 0 bridgehead atoms. The third kappa shape index (κ3) is 1.71. The van der Waals surface area contributed by atoms with Crippen molar-refractivity contribution >= 4 is 45.2 Å². The molecule has 0 aromatic heterocycles. The molecule has 1 aromatic carbocycles. The molecule has 0 atom stereocenters. The van der Waals surface area contributed by atoms with Gasteiger partial charge in [0, 0.05) is 5.56 Å². The fourth-order valence-corrected chi connectivity index (χ4v) is 2.75. The van der Waals surface area contributed by atoms with Crippen molar-refractivity contribution in [1.82, 2.24) is 0 Å². The van der Waals surface area contributed by atoms with Gasteiger partial charge in [-0.2, -0.15) is 0 Å². The second kappa shape index (κ2) is 3.34. The fourth-order valence-electron chi connectivity index (χ4n) is 0.718.